The SMILES string of the molecule is C=C[C](C)c1c(F)ccc(F)c1F. The van der Waals surface area contributed by atoms with Crippen molar-refractivity contribution >= 4 is 0 Å². The normalized spacial score (nSPS) is 10.5. The molecule has 0 nitrogen and oxygen atoms in total. The molecule has 1 aromatic rings. The third-order valence-corrected chi connectivity index (χ3v) is 1.74. The molecule has 0 aliphatic heterocycles. The molecule has 0 bridgehead atoms. The van der Waals surface area contributed by atoms with Crippen molar-refractivity contribution in [2.24, 2.45) is 0 Å². The van der Waals surface area contributed by atoms with E-state index in [1.807, 2.05) is 0 Å². The summed E-state index contributed by atoms with van der Waals surface area (Å²) in [5, 5.41) is 0. The Kier molecular flexibility index (Phi) is 2.76. The summed E-state index contributed by atoms with van der Waals surface area (Å²) in [5.41, 5.74) is -0.352. The topological polar surface area (TPSA) is 0 Å². The lowest BCUT2D eigenvalue weighted by atomic mass is 10.00. The van der Waals surface area contributed by atoms with Crippen molar-refractivity contribution < 1.29 is 13.2 Å². The number of benzene rings is 1. The van der Waals surface area contributed by atoms with E-state index in [4.69, 9.17) is 0 Å². The molecule has 0 aromatic heterocycles. The molecule has 0 fully saturated rings. The quantitative estimate of drug-likeness (QED) is 0.620. The molecule has 1 radical (unpaired) electrons. The summed E-state index contributed by atoms with van der Waals surface area (Å²) in [6.07, 6.45) is 1.28. The van der Waals surface area contributed by atoms with Crippen LogP contribution in [0.4, 0.5) is 13.2 Å². The van der Waals surface area contributed by atoms with Gasteiger partial charge in [-0.15, -0.1) is 6.58 Å². The summed E-state index contributed by atoms with van der Waals surface area (Å²) in [6.45, 7) is 4.82. The van der Waals surface area contributed by atoms with E-state index in [0.29, 0.717) is 0 Å². The van der Waals surface area contributed by atoms with Crippen molar-refractivity contribution in [3.8, 4) is 0 Å². The Bertz CT molecular complexity index is 331. The highest BCUT2D eigenvalue weighted by Crippen LogP contribution is 2.23. The van der Waals surface area contributed by atoms with E-state index in [1.165, 1.54) is 13.0 Å². The Balaban J connectivity index is 3.32. The Labute approximate surface area is 74.7 Å². The Morgan fingerprint density at radius 2 is 1.77 bits per heavy atom. The fourth-order valence-corrected chi connectivity index (χ4v) is 0.991. The smallest absolute Gasteiger partial charge is 0.165 e. The highest BCUT2D eigenvalue weighted by atomic mass is 19.2. The van der Waals surface area contributed by atoms with Gasteiger partial charge in [-0.1, -0.05) is 13.0 Å². The van der Waals surface area contributed by atoms with Gasteiger partial charge >= 0.3 is 0 Å². The predicted molar refractivity (Wildman–Crippen MR) is 44.5 cm³/mol. The molecular formula is C10H8F3. The van der Waals surface area contributed by atoms with Gasteiger partial charge in [-0.3, -0.25) is 0 Å². The van der Waals surface area contributed by atoms with Crippen LogP contribution in [0.1, 0.15) is 12.5 Å². The van der Waals surface area contributed by atoms with E-state index in [1.54, 1.807) is 0 Å². The maximum absolute atomic E-state index is 13.0. The molecule has 0 atom stereocenters. The van der Waals surface area contributed by atoms with E-state index in [9.17, 15) is 13.2 Å². The van der Waals surface area contributed by atoms with Gasteiger partial charge in [0.1, 0.15) is 5.82 Å². The van der Waals surface area contributed by atoms with Crippen LogP contribution in [0.2, 0.25) is 0 Å². The molecule has 69 valence electrons. The number of halogens is 3. The first-order valence-corrected chi connectivity index (χ1v) is 3.67. The predicted octanol–water partition coefficient (Wildman–Crippen LogP) is 3.23. The molecule has 0 unspecified atom stereocenters. The van der Waals surface area contributed by atoms with Crippen molar-refractivity contribution in [3.63, 3.8) is 0 Å². The Morgan fingerprint density at radius 3 is 2.31 bits per heavy atom. The number of hydrogen-bond acceptors (Lipinski definition) is 0. The molecule has 1 rings (SSSR count). The zero-order chi connectivity index (χ0) is 10.0. The highest BCUT2D eigenvalue weighted by molar-refractivity contribution is 5.37. The van der Waals surface area contributed by atoms with Gasteiger partial charge in [0.05, 0.1) is 0 Å². The van der Waals surface area contributed by atoms with Crippen LogP contribution in [0.25, 0.3) is 0 Å². The second kappa shape index (κ2) is 3.64. The maximum atomic E-state index is 13.0. The van der Waals surface area contributed by atoms with Crippen LogP contribution in [0, 0.1) is 23.4 Å². The third kappa shape index (κ3) is 1.74. The summed E-state index contributed by atoms with van der Waals surface area (Å²) >= 11 is 0. The number of rotatable bonds is 2. The van der Waals surface area contributed by atoms with Crippen molar-refractivity contribution in [3.05, 3.63) is 53.7 Å². The number of hydrogen-bond donors (Lipinski definition) is 0. The van der Waals surface area contributed by atoms with Crippen LogP contribution >= 0.6 is 0 Å². The Hall–Kier alpha value is -1.25. The van der Waals surface area contributed by atoms with E-state index in [2.05, 4.69) is 6.58 Å². The molecule has 0 N–H and O–H groups in total. The molecule has 0 aliphatic rings. The van der Waals surface area contributed by atoms with Crippen molar-refractivity contribution in [1.29, 1.82) is 0 Å². The molecule has 0 aliphatic carbocycles. The fraction of sp³-hybridized carbons (Fsp3) is 0.100. The van der Waals surface area contributed by atoms with Gasteiger partial charge in [0.2, 0.25) is 0 Å². The molecule has 0 saturated heterocycles. The van der Waals surface area contributed by atoms with Crippen LogP contribution in [0.5, 0.6) is 0 Å². The minimum Gasteiger partial charge on any atom is -0.207 e. The molecular weight excluding hydrogens is 177 g/mol. The maximum Gasteiger partial charge on any atom is 0.165 e. The van der Waals surface area contributed by atoms with Crippen molar-refractivity contribution in [2.45, 2.75) is 6.92 Å². The standard InChI is InChI=1S/C10H8F3/c1-3-6(2)9-7(11)4-5-8(12)10(9)13/h3-5H,1H2,2H3. The molecule has 0 saturated carbocycles. The molecule has 0 heterocycles. The second-order valence-electron chi connectivity index (χ2n) is 2.61. The summed E-state index contributed by atoms with van der Waals surface area (Å²) < 4.78 is 38.7. The van der Waals surface area contributed by atoms with Gasteiger partial charge in [-0.25, -0.2) is 13.2 Å². The van der Waals surface area contributed by atoms with Crippen molar-refractivity contribution in [2.75, 3.05) is 0 Å². The summed E-state index contributed by atoms with van der Waals surface area (Å²) in [4.78, 5) is 0. The minimum absolute atomic E-state index is 0.273. The van der Waals surface area contributed by atoms with Crippen molar-refractivity contribution in [1.82, 2.24) is 0 Å². The largest absolute Gasteiger partial charge is 0.207 e. The first-order valence-electron chi connectivity index (χ1n) is 3.67. The Morgan fingerprint density at radius 1 is 1.23 bits per heavy atom. The average molecular weight is 185 g/mol. The first-order chi connectivity index (χ1) is 6.07. The van der Waals surface area contributed by atoms with E-state index in [0.717, 1.165) is 12.1 Å². The van der Waals surface area contributed by atoms with Crippen LogP contribution in [-0.2, 0) is 0 Å². The third-order valence-electron chi connectivity index (χ3n) is 1.74. The second-order valence-corrected chi connectivity index (χ2v) is 2.61. The molecule has 0 spiro atoms. The van der Waals surface area contributed by atoms with Crippen LogP contribution < -0.4 is 0 Å². The van der Waals surface area contributed by atoms with Gasteiger partial charge < -0.3 is 0 Å². The van der Waals surface area contributed by atoms with E-state index >= 15 is 0 Å². The summed E-state index contributed by atoms with van der Waals surface area (Å²) in [6, 6.07) is 1.64. The van der Waals surface area contributed by atoms with Gasteiger partial charge in [0.25, 0.3) is 0 Å². The number of allylic oxidation sites excluding steroid dienone is 1. The molecule has 3 heteroatoms. The van der Waals surface area contributed by atoms with Crippen LogP contribution in [0.3, 0.4) is 0 Å². The lowest BCUT2D eigenvalue weighted by Gasteiger charge is -2.08. The lowest BCUT2D eigenvalue weighted by molar-refractivity contribution is 0.485. The summed E-state index contributed by atoms with van der Waals surface area (Å²) in [7, 11) is 0. The average Bonchev–Trinajstić information content (AvgIpc) is 2.12. The zero-order valence-electron chi connectivity index (χ0n) is 7.07. The fourth-order valence-electron chi connectivity index (χ4n) is 0.991. The first kappa shape index (κ1) is 9.84. The van der Waals surface area contributed by atoms with Gasteiger partial charge in [-0.05, 0) is 12.1 Å². The van der Waals surface area contributed by atoms with Crippen LogP contribution in [0.15, 0.2) is 24.8 Å². The van der Waals surface area contributed by atoms with Gasteiger partial charge in [0, 0.05) is 11.5 Å². The molecule has 1 aromatic carbocycles. The molecule has 13 heavy (non-hydrogen) atoms. The molecule has 0 amide bonds. The van der Waals surface area contributed by atoms with E-state index < -0.39 is 17.5 Å². The van der Waals surface area contributed by atoms with Gasteiger partial charge in [0.15, 0.2) is 11.6 Å². The monoisotopic (exact) mass is 185 g/mol. The summed E-state index contributed by atoms with van der Waals surface area (Å²) in [5.74, 6) is -2.74. The van der Waals surface area contributed by atoms with E-state index in [-0.39, 0.29) is 11.5 Å². The lowest BCUT2D eigenvalue weighted by Crippen LogP contribution is -2.01. The van der Waals surface area contributed by atoms with Gasteiger partial charge in [-0.2, -0.15) is 0 Å². The zero-order valence-corrected chi connectivity index (χ0v) is 7.07. The van der Waals surface area contributed by atoms with Crippen LogP contribution in [-0.4, -0.2) is 0 Å². The highest BCUT2D eigenvalue weighted by Gasteiger charge is 2.17. The minimum atomic E-state index is -1.17.